The molecule has 2 rings (SSSR count). The normalized spacial score (nSPS) is 20.4. The Kier molecular flexibility index (Phi) is 4.88. The van der Waals surface area contributed by atoms with Gasteiger partial charge in [-0.25, -0.2) is 4.79 Å². The van der Waals surface area contributed by atoms with Gasteiger partial charge in [0.2, 0.25) is 0 Å². The van der Waals surface area contributed by atoms with Crippen LogP contribution in [-0.2, 0) is 11.3 Å². The van der Waals surface area contributed by atoms with E-state index < -0.39 is 0 Å². The third-order valence-electron chi connectivity index (χ3n) is 4.02. The van der Waals surface area contributed by atoms with Crippen molar-refractivity contribution >= 4 is 6.09 Å². The fourth-order valence-electron chi connectivity index (χ4n) is 2.64. The van der Waals surface area contributed by atoms with E-state index in [2.05, 4.69) is 32.6 Å². The highest BCUT2D eigenvalue weighted by atomic mass is 16.6. The Bertz CT molecular complexity index is 467. The van der Waals surface area contributed by atoms with Gasteiger partial charge in [0.05, 0.1) is 0 Å². The number of nitrogens with zero attached hydrogens (tertiary/aromatic N) is 2. The molecule has 0 bridgehead atoms. The number of rotatable bonds is 2. The fourth-order valence-corrected chi connectivity index (χ4v) is 2.64. The summed E-state index contributed by atoms with van der Waals surface area (Å²) in [6.45, 7) is 11.6. The van der Waals surface area contributed by atoms with Gasteiger partial charge in [0.1, 0.15) is 6.61 Å². The lowest BCUT2D eigenvalue weighted by molar-refractivity contribution is 0.0176. The number of piperazine rings is 1. The average Bonchev–Trinajstić information content (AvgIpc) is 2.45. The van der Waals surface area contributed by atoms with Gasteiger partial charge >= 0.3 is 6.09 Å². The lowest BCUT2D eigenvalue weighted by Gasteiger charge is -2.45. The van der Waals surface area contributed by atoms with Crippen molar-refractivity contribution in [3.05, 3.63) is 35.9 Å². The van der Waals surface area contributed by atoms with Crippen molar-refractivity contribution < 1.29 is 9.53 Å². The molecular formula is C17H26N2O2. The second-order valence-corrected chi connectivity index (χ2v) is 6.70. The van der Waals surface area contributed by atoms with E-state index in [4.69, 9.17) is 4.74 Å². The zero-order valence-electron chi connectivity index (χ0n) is 13.5. The average molecular weight is 290 g/mol. The highest BCUT2D eigenvalue weighted by molar-refractivity contribution is 5.68. The summed E-state index contributed by atoms with van der Waals surface area (Å²) in [4.78, 5) is 16.5. The first-order chi connectivity index (χ1) is 9.88. The molecule has 0 aromatic heterocycles. The molecule has 1 aliphatic heterocycles. The van der Waals surface area contributed by atoms with E-state index in [1.54, 1.807) is 0 Å². The Morgan fingerprint density at radius 3 is 2.48 bits per heavy atom. The topological polar surface area (TPSA) is 32.8 Å². The van der Waals surface area contributed by atoms with Gasteiger partial charge in [0.25, 0.3) is 0 Å². The van der Waals surface area contributed by atoms with Crippen LogP contribution in [0.1, 0.15) is 33.3 Å². The standard InChI is InChI=1S/C17H26N2O2/c1-14-12-18(17(2,3)4)10-11-19(14)16(20)21-13-15-8-6-5-7-9-15/h5-9,14H,10-13H2,1-4H3. The molecule has 0 radical (unpaired) electrons. The first kappa shape index (κ1) is 15.8. The van der Waals surface area contributed by atoms with Crippen LogP contribution < -0.4 is 0 Å². The van der Waals surface area contributed by atoms with E-state index in [0.29, 0.717) is 6.61 Å². The predicted octanol–water partition coefficient (Wildman–Crippen LogP) is 3.13. The summed E-state index contributed by atoms with van der Waals surface area (Å²) < 4.78 is 5.43. The van der Waals surface area contributed by atoms with Gasteiger partial charge in [0.15, 0.2) is 0 Å². The van der Waals surface area contributed by atoms with Gasteiger partial charge in [-0.1, -0.05) is 30.3 Å². The maximum atomic E-state index is 12.2. The Balaban J connectivity index is 1.86. The van der Waals surface area contributed by atoms with E-state index in [1.807, 2.05) is 35.2 Å². The largest absolute Gasteiger partial charge is 0.445 e. The third-order valence-corrected chi connectivity index (χ3v) is 4.02. The number of carbonyl (C=O) groups excluding carboxylic acids is 1. The zero-order valence-corrected chi connectivity index (χ0v) is 13.5. The highest BCUT2D eigenvalue weighted by Crippen LogP contribution is 2.20. The van der Waals surface area contributed by atoms with Crippen molar-refractivity contribution in [3.8, 4) is 0 Å². The molecule has 0 aliphatic carbocycles. The molecule has 0 N–H and O–H groups in total. The number of hydrogen-bond donors (Lipinski definition) is 0. The van der Waals surface area contributed by atoms with Crippen LogP contribution in [0.25, 0.3) is 0 Å². The summed E-state index contributed by atoms with van der Waals surface area (Å²) >= 11 is 0. The number of carbonyl (C=O) groups is 1. The van der Waals surface area contributed by atoms with Gasteiger partial charge in [-0.2, -0.15) is 0 Å². The number of ether oxygens (including phenoxy) is 1. The van der Waals surface area contributed by atoms with Crippen LogP contribution in [0.4, 0.5) is 4.79 Å². The molecule has 1 unspecified atom stereocenters. The summed E-state index contributed by atoms with van der Waals surface area (Å²) in [6.07, 6.45) is -0.208. The molecule has 0 spiro atoms. The Morgan fingerprint density at radius 1 is 1.24 bits per heavy atom. The number of amides is 1. The lowest BCUT2D eigenvalue weighted by Crippen LogP contribution is -2.58. The van der Waals surface area contributed by atoms with Crippen LogP contribution in [0.2, 0.25) is 0 Å². The van der Waals surface area contributed by atoms with Crippen LogP contribution in [0.3, 0.4) is 0 Å². The lowest BCUT2D eigenvalue weighted by atomic mass is 10.0. The molecule has 1 aromatic rings. The monoisotopic (exact) mass is 290 g/mol. The Hall–Kier alpha value is -1.55. The fraction of sp³-hybridized carbons (Fsp3) is 0.588. The minimum atomic E-state index is -0.208. The summed E-state index contributed by atoms with van der Waals surface area (Å²) in [7, 11) is 0. The van der Waals surface area contributed by atoms with E-state index in [0.717, 1.165) is 25.2 Å². The van der Waals surface area contributed by atoms with Crippen LogP contribution in [0.5, 0.6) is 0 Å². The predicted molar refractivity (Wildman–Crippen MR) is 84.1 cm³/mol. The van der Waals surface area contributed by atoms with Crippen molar-refractivity contribution in [1.29, 1.82) is 0 Å². The van der Waals surface area contributed by atoms with Crippen LogP contribution >= 0.6 is 0 Å². The van der Waals surface area contributed by atoms with Gasteiger partial charge in [-0.15, -0.1) is 0 Å². The molecular weight excluding hydrogens is 264 g/mol. The van der Waals surface area contributed by atoms with Crippen molar-refractivity contribution in [2.45, 2.75) is 45.9 Å². The molecule has 1 amide bonds. The van der Waals surface area contributed by atoms with Gasteiger partial charge < -0.3 is 9.64 Å². The minimum absolute atomic E-state index is 0.147. The van der Waals surface area contributed by atoms with Gasteiger partial charge in [-0.05, 0) is 33.3 Å². The van der Waals surface area contributed by atoms with Gasteiger partial charge in [0, 0.05) is 31.2 Å². The molecule has 1 atom stereocenters. The summed E-state index contributed by atoms with van der Waals surface area (Å²) in [5, 5.41) is 0. The molecule has 1 heterocycles. The van der Waals surface area contributed by atoms with Crippen LogP contribution in [0.15, 0.2) is 30.3 Å². The maximum Gasteiger partial charge on any atom is 0.410 e. The maximum absolute atomic E-state index is 12.2. The van der Waals surface area contributed by atoms with E-state index >= 15 is 0 Å². The minimum Gasteiger partial charge on any atom is -0.445 e. The molecule has 1 saturated heterocycles. The molecule has 116 valence electrons. The van der Waals surface area contributed by atoms with E-state index in [1.165, 1.54) is 0 Å². The smallest absolute Gasteiger partial charge is 0.410 e. The SMILES string of the molecule is CC1CN(C(C)(C)C)CCN1C(=O)OCc1ccccc1. The molecule has 1 aliphatic rings. The quantitative estimate of drug-likeness (QED) is 0.839. The molecule has 1 fully saturated rings. The second kappa shape index (κ2) is 6.48. The Labute approximate surface area is 127 Å². The summed E-state index contributed by atoms with van der Waals surface area (Å²) in [6, 6.07) is 9.98. The Morgan fingerprint density at radius 2 is 1.90 bits per heavy atom. The van der Waals surface area contributed by atoms with Crippen molar-refractivity contribution in [2.75, 3.05) is 19.6 Å². The zero-order chi connectivity index (χ0) is 15.5. The van der Waals surface area contributed by atoms with Crippen molar-refractivity contribution in [3.63, 3.8) is 0 Å². The molecule has 1 aromatic carbocycles. The summed E-state index contributed by atoms with van der Waals surface area (Å²) in [5.41, 5.74) is 1.17. The number of hydrogen-bond acceptors (Lipinski definition) is 3. The van der Waals surface area contributed by atoms with Crippen LogP contribution in [0, 0.1) is 0 Å². The van der Waals surface area contributed by atoms with E-state index in [9.17, 15) is 4.79 Å². The molecule has 0 saturated carbocycles. The first-order valence-electron chi connectivity index (χ1n) is 7.60. The number of benzene rings is 1. The van der Waals surface area contributed by atoms with Crippen LogP contribution in [-0.4, -0.2) is 47.1 Å². The molecule has 4 nitrogen and oxygen atoms in total. The van der Waals surface area contributed by atoms with Crippen molar-refractivity contribution in [2.24, 2.45) is 0 Å². The van der Waals surface area contributed by atoms with Gasteiger partial charge in [-0.3, -0.25) is 4.90 Å². The first-order valence-corrected chi connectivity index (χ1v) is 7.60. The second-order valence-electron chi connectivity index (χ2n) is 6.70. The molecule has 21 heavy (non-hydrogen) atoms. The third kappa shape index (κ3) is 4.21. The summed E-state index contributed by atoms with van der Waals surface area (Å²) in [5.74, 6) is 0. The molecule has 4 heteroatoms. The van der Waals surface area contributed by atoms with E-state index in [-0.39, 0.29) is 17.7 Å². The highest BCUT2D eigenvalue weighted by Gasteiger charge is 2.32. The van der Waals surface area contributed by atoms with Crippen molar-refractivity contribution in [1.82, 2.24) is 9.80 Å².